The Labute approximate surface area is 193 Å². The highest BCUT2D eigenvalue weighted by Gasteiger charge is 2.28. The number of aliphatic imine (C=N–C) groups is 1. The summed E-state index contributed by atoms with van der Waals surface area (Å²) in [6.45, 7) is 6.42. The number of hydrogen-bond acceptors (Lipinski definition) is 5. The van der Waals surface area contributed by atoms with Gasteiger partial charge in [0.05, 0.1) is 26.4 Å². The SMILES string of the molecule is S=C(c1c(/N=C(/c2ccccc2)N2CCOCC2)sc2c1CCCC2)N1CCOCC1. The van der Waals surface area contributed by atoms with Crippen molar-refractivity contribution < 1.29 is 9.47 Å². The van der Waals surface area contributed by atoms with Crippen molar-refractivity contribution in [3.63, 3.8) is 0 Å². The number of nitrogens with zero attached hydrogens (tertiary/aromatic N) is 3. The molecule has 31 heavy (non-hydrogen) atoms. The molecule has 0 atom stereocenters. The van der Waals surface area contributed by atoms with Gasteiger partial charge in [-0.3, -0.25) is 0 Å². The fraction of sp³-hybridized carbons (Fsp3) is 0.500. The van der Waals surface area contributed by atoms with Gasteiger partial charge in [0.1, 0.15) is 15.8 Å². The van der Waals surface area contributed by atoms with E-state index >= 15 is 0 Å². The Hall–Kier alpha value is -1.80. The summed E-state index contributed by atoms with van der Waals surface area (Å²) in [5, 5.41) is 1.08. The van der Waals surface area contributed by atoms with E-state index in [0.717, 1.165) is 86.8 Å². The summed E-state index contributed by atoms with van der Waals surface area (Å²) in [7, 11) is 0. The second-order valence-corrected chi connectivity index (χ2v) is 9.67. The van der Waals surface area contributed by atoms with Gasteiger partial charge in [-0.15, -0.1) is 11.3 Å². The van der Waals surface area contributed by atoms with Crippen LogP contribution in [0.15, 0.2) is 35.3 Å². The van der Waals surface area contributed by atoms with E-state index in [1.54, 1.807) is 0 Å². The summed E-state index contributed by atoms with van der Waals surface area (Å²) in [6, 6.07) is 10.5. The Bertz CT molecular complexity index is 945. The zero-order valence-corrected chi connectivity index (χ0v) is 19.5. The number of aryl methyl sites for hydroxylation is 1. The number of hydrogen-bond donors (Lipinski definition) is 0. The van der Waals surface area contributed by atoms with Crippen molar-refractivity contribution in [2.24, 2.45) is 4.99 Å². The van der Waals surface area contributed by atoms with Crippen molar-refractivity contribution in [3.8, 4) is 0 Å². The standard InChI is InChI=1S/C24H29N3O2S2/c30-24(27-12-16-29-17-13-27)21-19-8-4-5-9-20(19)31-23(21)25-22(18-6-2-1-3-7-18)26-10-14-28-15-11-26/h1-3,6-7H,4-5,8-17H2/b25-22-. The zero-order chi connectivity index (χ0) is 21.0. The molecule has 0 spiro atoms. The first-order valence-corrected chi connectivity index (χ1v) is 12.5. The third-order valence-corrected chi connectivity index (χ3v) is 7.86. The second-order valence-electron chi connectivity index (χ2n) is 8.20. The van der Waals surface area contributed by atoms with E-state index in [1.807, 2.05) is 11.3 Å². The molecular weight excluding hydrogens is 426 g/mol. The minimum atomic E-state index is 0.742. The van der Waals surface area contributed by atoms with E-state index in [2.05, 4.69) is 40.1 Å². The Morgan fingerprint density at radius 1 is 0.871 bits per heavy atom. The van der Waals surface area contributed by atoms with Crippen LogP contribution in [0, 0.1) is 0 Å². The molecule has 1 aliphatic carbocycles. The Kier molecular flexibility index (Phi) is 6.64. The van der Waals surface area contributed by atoms with E-state index in [9.17, 15) is 0 Å². The molecule has 0 N–H and O–H groups in total. The number of fused-ring (bicyclic) bond motifs is 1. The van der Waals surface area contributed by atoms with Gasteiger partial charge in [0, 0.05) is 42.2 Å². The average Bonchev–Trinajstić information content (AvgIpc) is 3.22. The van der Waals surface area contributed by atoms with Gasteiger partial charge in [0.25, 0.3) is 0 Å². The van der Waals surface area contributed by atoms with Crippen molar-refractivity contribution in [2.75, 3.05) is 52.6 Å². The van der Waals surface area contributed by atoms with Crippen LogP contribution in [0.2, 0.25) is 0 Å². The Morgan fingerprint density at radius 3 is 2.23 bits per heavy atom. The molecule has 164 valence electrons. The largest absolute Gasteiger partial charge is 0.378 e. The average molecular weight is 456 g/mol. The van der Waals surface area contributed by atoms with Gasteiger partial charge in [-0.25, -0.2) is 4.99 Å². The first-order valence-electron chi connectivity index (χ1n) is 11.3. The van der Waals surface area contributed by atoms with E-state index in [-0.39, 0.29) is 0 Å². The molecule has 1 aromatic carbocycles. The van der Waals surface area contributed by atoms with Crippen LogP contribution in [-0.2, 0) is 22.3 Å². The molecule has 2 fully saturated rings. The van der Waals surface area contributed by atoms with Crippen LogP contribution in [0.3, 0.4) is 0 Å². The summed E-state index contributed by atoms with van der Waals surface area (Å²) < 4.78 is 11.2. The summed E-state index contributed by atoms with van der Waals surface area (Å²) in [4.78, 5) is 12.4. The number of ether oxygens (including phenoxy) is 2. The van der Waals surface area contributed by atoms with Crippen molar-refractivity contribution >= 4 is 39.4 Å². The van der Waals surface area contributed by atoms with Gasteiger partial charge in [-0.05, 0) is 31.2 Å². The van der Waals surface area contributed by atoms with E-state index in [4.69, 9.17) is 26.7 Å². The smallest absolute Gasteiger partial charge is 0.137 e. The summed E-state index contributed by atoms with van der Waals surface area (Å²) in [5.41, 5.74) is 3.80. The minimum Gasteiger partial charge on any atom is -0.378 e. The number of morpholine rings is 2. The lowest BCUT2D eigenvalue weighted by molar-refractivity contribution is 0.0683. The third kappa shape index (κ3) is 4.55. The van der Waals surface area contributed by atoms with Gasteiger partial charge in [0.15, 0.2) is 0 Å². The highest BCUT2D eigenvalue weighted by molar-refractivity contribution is 7.80. The quantitative estimate of drug-likeness (QED) is 0.397. The molecule has 2 saturated heterocycles. The zero-order valence-electron chi connectivity index (χ0n) is 17.8. The highest BCUT2D eigenvalue weighted by atomic mass is 32.1. The van der Waals surface area contributed by atoms with Crippen LogP contribution >= 0.6 is 23.6 Å². The van der Waals surface area contributed by atoms with Crippen molar-refractivity contribution in [3.05, 3.63) is 51.9 Å². The van der Waals surface area contributed by atoms with Gasteiger partial charge in [-0.2, -0.15) is 0 Å². The highest BCUT2D eigenvalue weighted by Crippen LogP contribution is 2.41. The van der Waals surface area contributed by atoms with Crippen LogP contribution in [0.1, 0.15) is 34.4 Å². The maximum Gasteiger partial charge on any atom is 0.137 e. The summed E-state index contributed by atoms with van der Waals surface area (Å²) in [5.74, 6) is 1.04. The molecule has 1 aromatic heterocycles. The monoisotopic (exact) mass is 455 g/mol. The predicted molar refractivity (Wildman–Crippen MR) is 130 cm³/mol. The molecule has 0 bridgehead atoms. The molecule has 3 heterocycles. The molecule has 5 rings (SSSR count). The number of thiophene rings is 1. The van der Waals surface area contributed by atoms with E-state index in [0.29, 0.717) is 0 Å². The molecular formula is C24H29N3O2S2. The molecule has 0 radical (unpaired) electrons. The van der Waals surface area contributed by atoms with Gasteiger partial charge < -0.3 is 19.3 Å². The molecule has 0 unspecified atom stereocenters. The molecule has 7 heteroatoms. The van der Waals surface area contributed by atoms with E-state index in [1.165, 1.54) is 28.8 Å². The van der Waals surface area contributed by atoms with Crippen LogP contribution in [0.4, 0.5) is 5.00 Å². The molecule has 0 saturated carbocycles. The van der Waals surface area contributed by atoms with Gasteiger partial charge >= 0.3 is 0 Å². The van der Waals surface area contributed by atoms with Crippen molar-refractivity contribution in [1.29, 1.82) is 0 Å². The number of thiocarbonyl (C=S) groups is 1. The Balaban J connectivity index is 1.59. The van der Waals surface area contributed by atoms with Crippen molar-refractivity contribution in [1.82, 2.24) is 9.80 Å². The lowest BCUT2D eigenvalue weighted by Gasteiger charge is -2.31. The summed E-state index contributed by atoms with van der Waals surface area (Å²) >= 11 is 7.92. The lowest BCUT2D eigenvalue weighted by atomic mass is 9.95. The third-order valence-electron chi connectivity index (χ3n) is 6.21. The number of rotatable bonds is 3. The normalized spacial score (nSPS) is 19.9. The lowest BCUT2D eigenvalue weighted by Crippen LogP contribution is -2.41. The summed E-state index contributed by atoms with van der Waals surface area (Å²) in [6.07, 6.45) is 4.75. The number of benzene rings is 1. The fourth-order valence-electron chi connectivity index (χ4n) is 4.55. The second kappa shape index (κ2) is 9.77. The van der Waals surface area contributed by atoms with Gasteiger partial charge in [-0.1, -0.05) is 42.5 Å². The molecule has 2 aromatic rings. The Morgan fingerprint density at radius 2 is 1.52 bits per heavy atom. The minimum absolute atomic E-state index is 0.742. The topological polar surface area (TPSA) is 37.3 Å². The number of amidine groups is 1. The predicted octanol–water partition coefficient (Wildman–Crippen LogP) is 4.05. The maximum atomic E-state index is 6.07. The van der Waals surface area contributed by atoms with E-state index < -0.39 is 0 Å². The van der Waals surface area contributed by atoms with Crippen molar-refractivity contribution in [2.45, 2.75) is 25.7 Å². The molecule has 5 nitrogen and oxygen atoms in total. The van der Waals surface area contributed by atoms with Crippen LogP contribution in [0.25, 0.3) is 0 Å². The fourth-order valence-corrected chi connectivity index (χ4v) is 6.28. The van der Waals surface area contributed by atoms with Crippen LogP contribution in [0.5, 0.6) is 0 Å². The maximum absolute atomic E-state index is 6.07. The van der Waals surface area contributed by atoms with Crippen LogP contribution in [-0.4, -0.2) is 73.2 Å². The molecule has 0 amide bonds. The van der Waals surface area contributed by atoms with Gasteiger partial charge in [0.2, 0.25) is 0 Å². The molecule has 2 aliphatic heterocycles. The van der Waals surface area contributed by atoms with Crippen LogP contribution < -0.4 is 0 Å². The first kappa shape index (κ1) is 21.1. The first-order chi connectivity index (χ1) is 15.3. The molecule has 3 aliphatic rings.